The third-order valence-corrected chi connectivity index (χ3v) is 4.01. The maximum absolute atomic E-state index is 5.97. The molecule has 2 nitrogen and oxygen atoms in total. The fraction of sp³-hybridized carbons (Fsp3) is 0. The van der Waals surface area contributed by atoms with E-state index in [0.29, 0.717) is 5.02 Å². The Kier molecular flexibility index (Phi) is 4.17. The van der Waals surface area contributed by atoms with Crippen LogP contribution in [0.25, 0.3) is 0 Å². The summed E-state index contributed by atoms with van der Waals surface area (Å²) in [7, 11) is 0. The lowest BCUT2D eigenvalue weighted by atomic mass is 10.2. The molecule has 0 aliphatic rings. The minimum atomic E-state index is 0.696. The number of hydrogen-bond acceptors (Lipinski definition) is 2. The molecule has 17 heavy (non-hydrogen) atoms. The van der Waals surface area contributed by atoms with Crippen LogP contribution >= 0.6 is 50.1 Å². The van der Waals surface area contributed by atoms with Crippen LogP contribution in [0.3, 0.4) is 0 Å². The standard InChI is InChI=1S/C12H9BrClIN2/c13-9-3-1-7(14)5-12(9)17-11-4-2-8(16)6-10(11)15/h1-6,17H,16H2. The van der Waals surface area contributed by atoms with Crippen LogP contribution in [0.4, 0.5) is 17.1 Å². The van der Waals surface area contributed by atoms with Gasteiger partial charge in [0, 0.05) is 18.8 Å². The Labute approximate surface area is 127 Å². The molecule has 0 saturated carbocycles. The summed E-state index contributed by atoms with van der Waals surface area (Å²) in [6.07, 6.45) is 0. The zero-order valence-electron chi connectivity index (χ0n) is 8.68. The van der Waals surface area contributed by atoms with E-state index in [2.05, 4.69) is 43.8 Å². The average molecular weight is 423 g/mol. The minimum Gasteiger partial charge on any atom is -0.399 e. The monoisotopic (exact) mass is 422 g/mol. The Hall–Kier alpha value is -0.460. The predicted octanol–water partition coefficient (Wildman–Crippen LogP) is 5.03. The molecule has 0 fully saturated rings. The molecule has 0 aliphatic carbocycles. The number of benzene rings is 2. The van der Waals surface area contributed by atoms with Gasteiger partial charge < -0.3 is 11.1 Å². The van der Waals surface area contributed by atoms with Crippen molar-refractivity contribution in [1.29, 1.82) is 0 Å². The number of hydrogen-bond donors (Lipinski definition) is 2. The van der Waals surface area contributed by atoms with Crippen LogP contribution in [0.2, 0.25) is 5.02 Å². The lowest BCUT2D eigenvalue weighted by molar-refractivity contribution is 1.50. The summed E-state index contributed by atoms with van der Waals surface area (Å²) in [6.45, 7) is 0. The first kappa shape index (κ1) is 13.0. The van der Waals surface area contributed by atoms with Crippen molar-refractivity contribution in [2.45, 2.75) is 0 Å². The highest BCUT2D eigenvalue weighted by Gasteiger charge is 2.04. The number of nitrogen functional groups attached to an aromatic ring is 1. The molecule has 0 aromatic heterocycles. The fourth-order valence-corrected chi connectivity index (χ4v) is 2.56. The third kappa shape index (κ3) is 3.26. The van der Waals surface area contributed by atoms with Gasteiger partial charge in [0.1, 0.15) is 0 Å². The van der Waals surface area contributed by atoms with Crippen molar-refractivity contribution in [2.24, 2.45) is 0 Å². The molecule has 0 spiro atoms. The van der Waals surface area contributed by atoms with Crippen molar-refractivity contribution < 1.29 is 0 Å². The molecule has 0 aliphatic heterocycles. The van der Waals surface area contributed by atoms with E-state index < -0.39 is 0 Å². The first-order chi connectivity index (χ1) is 8.06. The van der Waals surface area contributed by atoms with E-state index in [1.165, 1.54) is 0 Å². The molecule has 2 aromatic carbocycles. The van der Waals surface area contributed by atoms with Crippen molar-refractivity contribution in [3.05, 3.63) is 49.5 Å². The molecule has 0 bridgehead atoms. The smallest absolute Gasteiger partial charge is 0.0543 e. The van der Waals surface area contributed by atoms with E-state index in [4.69, 9.17) is 17.3 Å². The molecule has 5 heteroatoms. The van der Waals surface area contributed by atoms with Gasteiger partial charge in [-0.3, -0.25) is 0 Å². The summed E-state index contributed by atoms with van der Waals surface area (Å²) in [6, 6.07) is 11.4. The Bertz CT molecular complexity index is 560. The molecule has 0 unspecified atom stereocenters. The topological polar surface area (TPSA) is 38.0 Å². The molecule has 88 valence electrons. The maximum Gasteiger partial charge on any atom is 0.0543 e. The maximum atomic E-state index is 5.97. The van der Waals surface area contributed by atoms with Gasteiger partial charge in [-0.2, -0.15) is 0 Å². The van der Waals surface area contributed by atoms with Gasteiger partial charge in [-0.1, -0.05) is 11.6 Å². The SMILES string of the molecule is Nc1ccc(Nc2cc(Cl)ccc2Br)c(I)c1. The quantitative estimate of drug-likeness (QED) is 0.525. The van der Waals surface area contributed by atoms with Gasteiger partial charge in [0.15, 0.2) is 0 Å². The van der Waals surface area contributed by atoms with Crippen LogP contribution in [0.1, 0.15) is 0 Å². The van der Waals surface area contributed by atoms with Gasteiger partial charge in [0.05, 0.1) is 11.4 Å². The van der Waals surface area contributed by atoms with Crippen LogP contribution in [0.5, 0.6) is 0 Å². The van der Waals surface area contributed by atoms with Crippen LogP contribution in [0, 0.1) is 3.57 Å². The lowest BCUT2D eigenvalue weighted by Gasteiger charge is -2.11. The molecule has 0 atom stereocenters. The fourth-order valence-electron chi connectivity index (χ4n) is 1.37. The van der Waals surface area contributed by atoms with Gasteiger partial charge in [0.2, 0.25) is 0 Å². The molecule has 2 aromatic rings. The van der Waals surface area contributed by atoms with Crippen molar-refractivity contribution in [3.8, 4) is 0 Å². The van der Waals surface area contributed by atoms with Crippen LogP contribution in [-0.4, -0.2) is 0 Å². The van der Waals surface area contributed by atoms with E-state index in [9.17, 15) is 0 Å². The number of nitrogens with one attached hydrogen (secondary N) is 1. The number of rotatable bonds is 2. The van der Waals surface area contributed by atoms with Crippen molar-refractivity contribution in [3.63, 3.8) is 0 Å². The zero-order valence-corrected chi connectivity index (χ0v) is 13.2. The van der Waals surface area contributed by atoms with E-state index in [0.717, 1.165) is 25.1 Å². The summed E-state index contributed by atoms with van der Waals surface area (Å²) in [5, 5.41) is 4.01. The van der Waals surface area contributed by atoms with Crippen LogP contribution < -0.4 is 11.1 Å². The first-order valence-electron chi connectivity index (χ1n) is 4.83. The zero-order chi connectivity index (χ0) is 12.4. The molecule has 0 amide bonds. The Morgan fingerprint density at radius 1 is 1.12 bits per heavy atom. The summed E-state index contributed by atoms with van der Waals surface area (Å²) in [5.41, 5.74) is 8.40. The minimum absolute atomic E-state index is 0.696. The van der Waals surface area contributed by atoms with Crippen molar-refractivity contribution in [1.82, 2.24) is 0 Å². The molecule has 0 heterocycles. The Morgan fingerprint density at radius 3 is 2.59 bits per heavy atom. The van der Waals surface area contributed by atoms with E-state index in [1.54, 1.807) is 0 Å². The number of nitrogens with two attached hydrogens (primary N) is 1. The van der Waals surface area contributed by atoms with Crippen molar-refractivity contribution in [2.75, 3.05) is 11.1 Å². The second kappa shape index (κ2) is 5.46. The average Bonchev–Trinajstić information content (AvgIpc) is 2.27. The van der Waals surface area contributed by atoms with Gasteiger partial charge in [-0.15, -0.1) is 0 Å². The highest BCUT2D eigenvalue weighted by Crippen LogP contribution is 2.31. The summed E-state index contributed by atoms with van der Waals surface area (Å²) in [4.78, 5) is 0. The second-order valence-electron chi connectivity index (χ2n) is 3.49. The molecular formula is C12H9BrClIN2. The Balaban J connectivity index is 2.34. The summed E-state index contributed by atoms with van der Waals surface area (Å²) in [5.74, 6) is 0. The first-order valence-corrected chi connectivity index (χ1v) is 7.08. The van der Waals surface area contributed by atoms with Crippen molar-refractivity contribution >= 4 is 67.2 Å². The van der Waals surface area contributed by atoms with Gasteiger partial charge in [-0.05, 0) is 74.9 Å². The van der Waals surface area contributed by atoms with E-state index in [1.807, 2.05) is 36.4 Å². The van der Waals surface area contributed by atoms with Crippen LogP contribution in [0.15, 0.2) is 40.9 Å². The molecule has 2 rings (SSSR count). The van der Waals surface area contributed by atoms with Crippen LogP contribution in [-0.2, 0) is 0 Å². The molecule has 0 radical (unpaired) electrons. The molecule has 0 saturated heterocycles. The van der Waals surface area contributed by atoms with Gasteiger partial charge in [0.25, 0.3) is 0 Å². The summed E-state index contributed by atoms with van der Waals surface area (Å²) >= 11 is 11.7. The largest absolute Gasteiger partial charge is 0.399 e. The predicted molar refractivity (Wildman–Crippen MR) is 86.0 cm³/mol. The van der Waals surface area contributed by atoms with E-state index >= 15 is 0 Å². The van der Waals surface area contributed by atoms with E-state index in [-0.39, 0.29) is 0 Å². The van der Waals surface area contributed by atoms with Gasteiger partial charge in [-0.25, -0.2) is 0 Å². The summed E-state index contributed by atoms with van der Waals surface area (Å²) < 4.78 is 2.03. The number of anilines is 3. The molecule has 3 N–H and O–H groups in total. The Morgan fingerprint density at radius 2 is 1.88 bits per heavy atom. The third-order valence-electron chi connectivity index (χ3n) is 2.19. The molecular weight excluding hydrogens is 414 g/mol. The van der Waals surface area contributed by atoms with Gasteiger partial charge >= 0.3 is 0 Å². The lowest BCUT2D eigenvalue weighted by Crippen LogP contribution is -1.95. The second-order valence-corrected chi connectivity index (χ2v) is 5.94. The normalized spacial score (nSPS) is 10.3. The number of halogens is 3. The highest BCUT2D eigenvalue weighted by molar-refractivity contribution is 14.1. The highest BCUT2D eigenvalue weighted by atomic mass is 127.